The molecule has 2 aliphatic heterocycles. The molecular weight excluding hydrogens is 456 g/mol. The summed E-state index contributed by atoms with van der Waals surface area (Å²) in [6.07, 6.45) is 0.238. The number of aromatic nitrogens is 1. The zero-order valence-corrected chi connectivity index (χ0v) is 20.6. The second-order valence-electron chi connectivity index (χ2n) is 9.51. The van der Waals surface area contributed by atoms with Crippen molar-refractivity contribution in [3.63, 3.8) is 0 Å². The van der Waals surface area contributed by atoms with Gasteiger partial charge in [-0.25, -0.2) is 4.98 Å². The van der Waals surface area contributed by atoms with Gasteiger partial charge in [0, 0.05) is 35.7 Å². The average Bonchev–Trinajstić information content (AvgIpc) is 3.60. The molecule has 3 rings (SSSR count). The van der Waals surface area contributed by atoms with E-state index >= 15 is 0 Å². The summed E-state index contributed by atoms with van der Waals surface area (Å²) in [5, 5.41) is 33.5. The molecule has 2 aliphatic rings. The number of carbonyl (C=O) groups excluding carboxylic acids is 2. The van der Waals surface area contributed by atoms with Crippen LogP contribution in [0.15, 0.2) is 30.0 Å². The van der Waals surface area contributed by atoms with Gasteiger partial charge in [-0.2, -0.15) is 0 Å². The van der Waals surface area contributed by atoms with Crippen molar-refractivity contribution in [1.29, 1.82) is 0 Å². The average molecular weight is 493 g/mol. The molecule has 10 nitrogen and oxygen atoms in total. The van der Waals surface area contributed by atoms with Crippen molar-refractivity contribution in [2.45, 2.75) is 70.2 Å². The fourth-order valence-corrected chi connectivity index (χ4v) is 4.30. The lowest BCUT2D eigenvalue weighted by Crippen LogP contribution is -2.50. The van der Waals surface area contributed by atoms with Gasteiger partial charge in [-0.1, -0.05) is 12.5 Å². The van der Waals surface area contributed by atoms with Crippen LogP contribution in [0.2, 0.25) is 0 Å². The molecule has 2 fully saturated rings. The Morgan fingerprint density at radius 3 is 2.63 bits per heavy atom. The van der Waals surface area contributed by atoms with Gasteiger partial charge in [0.2, 0.25) is 11.8 Å². The van der Waals surface area contributed by atoms with Crippen molar-refractivity contribution in [3.8, 4) is 5.88 Å². The van der Waals surface area contributed by atoms with E-state index in [0.717, 1.165) is 0 Å². The number of nitrogens with zero attached hydrogens (tertiary/aromatic N) is 1. The summed E-state index contributed by atoms with van der Waals surface area (Å²) in [4.78, 5) is 28.4. The molecule has 10 heteroatoms. The first kappa shape index (κ1) is 27.2. The Bertz CT molecular complexity index is 903. The highest BCUT2D eigenvalue weighted by Gasteiger charge is 2.48. The lowest BCUT2D eigenvalue weighted by atomic mass is 9.85. The molecule has 3 heterocycles. The summed E-state index contributed by atoms with van der Waals surface area (Å²) in [7, 11) is 1.48. The van der Waals surface area contributed by atoms with Crippen molar-refractivity contribution in [2.75, 3.05) is 20.3 Å². The standard InChI is InChI=1S/C25H36N2O8/c1-13(8-21(30)26-11-18(29)16-5-6-22(33-4)27-10-16)7-19-24(32)23(31)17(12-34-19)9-20-25(35-20)14(2)15(3)28/h5-6,8,10,14-15,17,19-20,23-25,28,31-32H,7,9,11-12H2,1-4H3,(H,26,30)/b13-8+/t14-,15-,17-,19-,20-,23+,24-,25-/m0/s1. The van der Waals surface area contributed by atoms with Gasteiger partial charge < -0.3 is 34.8 Å². The molecule has 4 N–H and O–H groups in total. The number of ketones is 1. The normalized spacial score (nSPS) is 30.3. The number of Topliss-reactive ketones (excluding diaryl/α,β-unsaturated/α-hetero) is 1. The molecule has 1 aromatic rings. The van der Waals surface area contributed by atoms with Crippen LogP contribution in [0.3, 0.4) is 0 Å². The number of amides is 1. The number of carbonyl (C=O) groups is 2. The molecule has 194 valence electrons. The monoisotopic (exact) mass is 492 g/mol. The van der Waals surface area contributed by atoms with Crippen LogP contribution in [-0.2, 0) is 14.3 Å². The molecule has 0 bridgehead atoms. The molecule has 0 saturated carbocycles. The fraction of sp³-hybridized carbons (Fsp3) is 0.640. The summed E-state index contributed by atoms with van der Waals surface area (Å²) < 4.78 is 16.4. The van der Waals surface area contributed by atoms with Crippen molar-refractivity contribution >= 4 is 11.7 Å². The Balaban J connectivity index is 1.43. The Kier molecular flexibility index (Phi) is 9.37. The molecule has 8 atom stereocenters. The van der Waals surface area contributed by atoms with Crippen molar-refractivity contribution in [1.82, 2.24) is 10.3 Å². The number of aliphatic hydroxyl groups is 3. The molecule has 0 radical (unpaired) electrons. The smallest absolute Gasteiger partial charge is 0.244 e. The second kappa shape index (κ2) is 12.0. The molecule has 0 aliphatic carbocycles. The summed E-state index contributed by atoms with van der Waals surface area (Å²) in [6, 6.07) is 3.14. The predicted octanol–water partition coefficient (Wildman–Crippen LogP) is 0.637. The van der Waals surface area contributed by atoms with E-state index in [0.29, 0.717) is 23.4 Å². The van der Waals surface area contributed by atoms with Crippen molar-refractivity contribution < 1.29 is 39.1 Å². The first-order chi connectivity index (χ1) is 16.6. The molecule has 0 unspecified atom stereocenters. The number of rotatable bonds is 11. The van der Waals surface area contributed by atoms with Gasteiger partial charge in [0.05, 0.1) is 50.8 Å². The van der Waals surface area contributed by atoms with Crippen LogP contribution >= 0.6 is 0 Å². The van der Waals surface area contributed by atoms with Crippen LogP contribution in [0.1, 0.15) is 44.0 Å². The maximum Gasteiger partial charge on any atom is 0.244 e. The van der Waals surface area contributed by atoms with Crippen molar-refractivity contribution in [2.24, 2.45) is 11.8 Å². The van der Waals surface area contributed by atoms with Gasteiger partial charge >= 0.3 is 0 Å². The van der Waals surface area contributed by atoms with E-state index in [9.17, 15) is 24.9 Å². The maximum atomic E-state index is 12.2. The predicted molar refractivity (Wildman–Crippen MR) is 126 cm³/mol. The minimum Gasteiger partial charge on any atom is -0.481 e. The lowest BCUT2D eigenvalue weighted by Gasteiger charge is -2.38. The second-order valence-corrected chi connectivity index (χ2v) is 9.51. The number of aliphatic hydroxyl groups excluding tert-OH is 3. The number of nitrogens with one attached hydrogen (secondary N) is 1. The SMILES string of the molecule is COc1ccc(C(=O)CNC(=O)/C=C(\C)C[C@@H]2OC[C@H](C[C@@H]3O[C@H]3[C@@H](C)[C@H](C)O)[C@@H](O)[C@H]2O)cn1. The number of ether oxygens (including phenoxy) is 3. The highest BCUT2D eigenvalue weighted by molar-refractivity contribution is 6.00. The van der Waals surface area contributed by atoms with E-state index in [1.54, 1.807) is 26.0 Å². The minimum atomic E-state index is -1.10. The van der Waals surface area contributed by atoms with Crippen LogP contribution in [0.25, 0.3) is 0 Å². The van der Waals surface area contributed by atoms with E-state index in [1.165, 1.54) is 19.4 Å². The van der Waals surface area contributed by atoms with Crippen LogP contribution in [-0.4, -0.2) is 88.9 Å². The third-order valence-electron chi connectivity index (χ3n) is 6.77. The minimum absolute atomic E-state index is 0.00132. The fourth-order valence-electron chi connectivity index (χ4n) is 4.30. The molecule has 2 saturated heterocycles. The zero-order valence-electron chi connectivity index (χ0n) is 20.6. The largest absolute Gasteiger partial charge is 0.481 e. The van der Waals surface area contributed by atoms with E-state index < -0.39 is 30.3 Å². The van der Waals surface area contributed by atoms with E-state index in [1.807, 2.05) is 6.92 Å². The van der Waals surface area contributed by atoms with Gasteiger partial charge in [0.25, 0.3) is 0 Å². The molecule has 0 spiro atoms. The number of hydrogen-bond acceptors (Lipinski definition) is 9. The van der Waals surface area contributed by atoms with Crippen LogP contribution in [0.4, 0.5) is 0 Å². The highest BCUT2D eigenvalue weighted by atomic mass is 16.6. The zero-order chi connectivity index (χ0) is 25.7. The summed E-state index contributed by atoms with van der Waals surface area (Å²) >= 11 is 0. The molecule has 0 aromatic carbocycles. The van der Waals surface area contributed by atoms with Crippen LogP contribution in [0.5, 0.6) is 5.88 Å². The maximum absolute atomic E-state index is 12.2. The Morgan fingerprint density at radius 1 is 1.26 bits per heavy atom. The highest BCUT2D eigenvalue weighted by Crippen LogP contribution is 2.38. The van der Waals surface area contributed by atoms with Gasteiger partial charge in [-0.3, -0.25) is 9.59 Å². The Labute approximate surface area is 205 Å². The molecule has 1 amide bonds. The first-order valence-electron chi connectivity index (χ1n) is 11.9. The number of epoxide rings is 1. The Morgan fingerprint density at radius 2 is 2.00 bits per heavy atom. The lowest BCUT2D eigenvalue weighted by molar-refractivity contribution is -0.165. The summed E-state index contributed by atoms with van der Waals surface area (Å²) in [5.41, 5.74) is 1.00. The third-order valence-corrected chi connectivity index (χ3v) is 6.77. The molecule has 35 heavy (non-hydrogen) atoms. The molecular formula is C25H36N2O8. The topological polar surface area (TPSA) is 151 Å². The van der Waals surface area contributed by atoms with E-state index in [-0.39, 0.29) is 49.4 Å². The third kappa shape index (κ3) is 7.31. The van der Waals surface area contributed by atoms with Gasteiger partial charge in [-0.15, -0.1) is 0 Å². The first-order valence-corrected chi connectivity index (χ1v) is 11.9. The van der Waals surface area contributed by atoms with Crippen LogP contribution in [0, 0.1) is 11.8 Å². The number of methoxy groups -OCH3 is 1. The summed E-state index contributed by atoms with van der Waals surface area (Å²) in [6.45, 7) is 5.46. The number of hydrogen-bond donors (Lipinski definition) is 4. The Hall–Kier alpha value is -2.37. The summed E-state index contributed by atoms with van der Waals surface area (Å²) in [5.74, 6) is -0.608. The van der Waals surface area contributed by atoms with Crippen LogP contribution < -0.4 is 10.1 Å². The van der Waals surface area contributed by atoms with Gasteiger partial charge in [0.15, 0.2) is 5.78 Å². The van der Waals surface area contributed by atoms with Crippen molar-refractivity contribution in [3.05, 3.63) is 35.5 Å². The molecule has 1 aromatic heterocycles. The quantitative estimate of drug-likeness (QED) is 0.198. The van der Waals surface area contributed by atoms with E-state index in [2.05, 4.69) is 10.3 Å². The van der Waals surface area contributed by atoms with E-state index in [4.69, 9.17) is 14.2 Å². The van der Waals surface area contributed by atoms with Gasteiger partial charge in [0.1, 0.15) is 6.10 Å². The van der Waals surface area contributed by atoms with Gasteiger partial charge in [-0.05, 0) is 32.8 Å². The number of pyridine rings is 1.